The average Bonchev–Trinajstić information content (AvgIpc) is 1.98. The summed E-state index contributed by atoms with van der Waals surface area (Å²) >= 11 is 1.77. The van der Waals surface area contributed by atoms with Gasteiger partial charge in [-0.1, -0.05) is 0 Å². The first-order chi connectivity index (χ1) is 4.81. The molecule has 60 valence electrons. The molecule has 0 aliphatic heterocycles. The maximum absolute atomic E-state index is 8.18. The van der Waals surface area contributed by atoms with E-state index in [4.69, 9.17) is 10.9 Å². The molecule has 4 N–H and O–H groups in total. The fraction of sp³-hybridized carbons (Fsp3) is 0.800. The molecule has 0 unspecified atom stereocenters. The lowest BCUT2D eigenvalue weighted by Crippen LogP contribution is -2.28. The van der Waals surface area contributed by atoms with E-state index in [0.717, 1.165) is 12.2 Å². The van der Waals surface area contributed by atoms with Crippen molar-refractivity contribution in [2.45, 2.75) is 6.42 Å². The van der Waals surface area contributed by atoms with Gasteiger partial charge in [-0.3, -0.25) is 10.2 Å². The van der Waals surface area contributed by atoms with Gasteiger partial charge in [0.05, 0.1) is 0 Å². The molecule has 0 amide bonds. The molecule has 0 bridgehead atoms. The Kier molecular flexibility index (Phi) is 6.42. The Balaban J connectivity index is 3.16. The van der Waals surface area contributed by atoms with Gasteiger partial charge >= 0.3 is 0 Å². The van der Waals surface area contributed by atoms with Crippen LogP contribution in [0.1, 0.15) is 6.42 Å². The van der Waals surface area contributed by atoms with E-state index in [1.807, 2.05) is 6.26 Å². The number of nitrogens with one attached hydrogen (secondary N) is 1. The summed E-state index contributed by atoms with van der Waals surface area (Å²) in [4.78, 5) is 3.80. The van der Waals surface area contributed by atoms with Gasteiger partial charge in [0.25, 0.3) is 0 Å². The van der Waals surface area contributed by atoms with Crippen molar-refractivity contribution in [3.8, 4) is 0 Å². The van der Waals surface area contributed by atoms with Crippen LogP contribution in [0, 0.1) is 0 Å². The normalized spacial score (nSPS) is 11.6. The third kappa shape index (κ3) is 5.71. The highest BCUT2D eigenvalue weighted by atomic mass is 32.2. The largest absolute Gasteiger partial charge is 0.368 e. The minimum Gasteiger partial charge on any atom is -0.368 e. The van der Waals surface area contributed by atoms with E-state index in [0.29, 0.717) is 6.54 Å². The van der Waals surface area contributed by atoms with Gasteiger partial charge in [-0.25, -0.2) is 5.48 Å². The number of nitrogens with zero attached hydrogens (tertiary/aromatic N) is 1. The topological polar surface area (TPSA) is 70.6 Å². The number of guanidine groups is 1. The van der Waals surface area contributed by atoms with E-state index in [1.54, 1.807) is 17.2 Å². The number of rotatable bonds is 4. The molecule has 0 fully saturated rings. The zero-order valence-corrected chi connectivity index (χ0v) is 6.82. The van der Waals surface area contributed by atoms with Crippen LogP contribution in [-0.2, 0) is 0 Å². The van der Waals surface area contributed by atoms with Crippen molar-refractivity contribution in [1.29, 1.82) is 0 Å². The zero-order chi connectivity index (χ0) is 7.82. The van der Waals surface area contributed by atoms with Gasteiger partial charge in [-0.05, 0) is 18.4 Å². The highest BCUT2D eigenvalue weighted by Crippen LogP contribution is 1.94. The third-order valence-electron chi connectivity index (χ3n) is 0.903. The molecular formula is C5H13N3OS. The van der Waals surface area contributed by atoms with Gasteiger partial charge in [-0.2, -0.15) is 11.8 Å². The van der Waals surface area contributed by atoms with E-state index < -0.39 is 0 Å². The van der Waals surface area contributed by atoms with E-state index in [9.17, 15) is 0 Å². The van der Waals surface area contributed by atoms with Crippen molar-refractivity contribution in [2.75, 3.05) is 18.6 Å². The van der Waals surface area contributed by atoms with Crippen molar-refractivity contribution in [1.82, 2.24) is 5.48 Å². The smallest absolute Gasteiger partial charge is 0.212 e. The molecule has 0 saturated heterocycles. The van der Waals surface area contributed by atoms with Gasteiger partial charge < -0.3 is 5.73 Å². The van der Waals surface area contributed by atoms with Crippen molar-refractivity contribution < 1.29 is 5.21 Å². The number of hydrogen-bond acceptors (Lipinski definition) is 3. The van der Waals surface area contributed by atoms with Crippen LogP contribution >= 0.6 is 11.8 Å². The number of aliphatic imine (C=N–C) groups is 1. The molecule has 0 aliphatic carbocycles. The number of hydrogen-bond donors (Lipinski definition) is 3. The van der Waals surface area contributed by atoms with Crippen molar-refractivity contribution >= 4 is 17.7 Å². The van der Waals surface area contributed by atoms with Crippen LogP contribution in [0.15, 0.2) is 4.99 Å². The van der Waals surface area contributed by atoms with Crippen molar-refractivity contribution in [2.24, 2.45) is 10.7 Å². The molecule has 0 atom stereocenters. The van der Waals surface area contributed by atoms with Crippen LogP contribution in [-0.4, -0.2) is 29.7 Å². The minimum atomic E-state index is 0.0844. The first-order valence-corrected chi connectivity index (χ1v) is 4.39. The van der Waals surface area contributed by atoms with Gasteiger partial charge in [0, 0.05) is 6.54 Å². The second-order valence-corrected chi connectivity index (χ2v) is 2.71. The number of nitrogens with two attached hydrogens (primary N) is 1. The van der Waals surface area contributed by atoms with E-state index in [1.165, 1.54) is 0 Å². The molecule has 0 aliphatic rings. The highest BCUT2D eigenvalue weighted by molar-refractivity contribution is 7.98. The monoisotopic (exact) mass is 163 g/mol. The summed E-state index contributed by atoms with van der Waals surface area (Å²) in [5.41, 5.74) is 6.90. The Labute approximate surface area is 64.9 Å². The Morgan fingerprint density at radius 3 is 3.00 bits per heavy atom. The quantitative estimate of drug-likeness (QED) is 0.237. The molecule has 0 saturated carbocycles. The maximum atomic E-state index is 8.18. The van der Waals surface area contributed by atoms with Crippen LogP contribution in [0.2, 0.25) is 0 Å². The Morgan fingerprint density at radius 2 is 2.50 bits per heavy atom. The van der Waals surface area contributed by atoms with Crippen LogP contribution < -0.4 is 11.2 Å². The molecular weight excluding hydrogens is 150 g/mol. The summed E-state index contributed by atoms with van der Waals surface area (Å²) in [5.74, 6) is 1.16. The summed E-state index contributed by atoms with van der Waals surface area (Å²) in [5, 5.41) is 8.18. The molecule has 0 spiro atoms. The van der Waals surface area contributed by atoms with Gasteiger partial charge in [-0.15, -0.1) is 0 Å². The van der Waals surface area contributed by atoms with E-state index >= 15 is 0 Å². The molecule has 0 aromatic heterocycles. The Morgan fingerprint density at radius 1 is 1.80 bits per heavy atom. The fourth-order valence-corrected chi connectivity index (χ4v) is 0.862. The fourth-order valence-electron chi connectivity index (χ4n) is 0.444. The van der Waals surface area contributed by atoms with Crippen LogP contribution in [0.3, 0.4) is 0 Å². The summed E-state index contributed by atoms with van der Waals surface area (Å²) in [7, 11) is 0. The number of hydroxylamine groups is 1. The van der Waals surface area contributed by atoms with Gasteiger partial charge in [0.15, 0.2) is 0 Å². The Bertz CT molecular complexity index is 107. The molecule has 10 heavy (non-hydrogen) atoms. The molecule has 0 heterocycles. The first kappa shape index (κ1) is 9.58. The third-order valence-corrected chi connectivity index (χ3v) is 1.60. The van der Waals surface area contributed by atoms with E-state index in [2.05, 4.69) is 4.99 Å². The van der Waals surface area contributed by atoms with Crippen molar-refractivity contribution in [3.63, 3.8) is 0 Å². The summed E-state index contributed by atoms with van der Waals surface area (Å²) < 4.78 is 0. The van der Waals surface area contributed by atoms with Crippen LogP contribution in [0.5, 0.6) is 0 Å². The van der Waals surface area contributed by atoms with Crippen LogP contribution in [0.4, 0.5) is 0 Å². The lowest BCUT2D eigenvalue weighted by atomic mass is 10.5. The van der Waals surface area contributed by atoms with Gasteiger partial charge in [0.1, 0.15) is 0 Å². The molecule has 0 rings (SSSR count). The number of thioether (sulfide) groups is 1. The molecule has 5 heteroatoms. The predicted octanol–water partition coefficient (Wildman–Crippen LogP) is 0.0330. The lowest BCUT2D eigenvalue weighted by molar-refractivity contribution is 0.232. The van der Waals surface area contributed by atoms with Crippen LogP contribution in [0.25, 0.3) is 0 Å². The lowest BCUT2D eigenvalue weighted by Gasteiger charge is -1.96. The molecule has 0 aromatic carbocycles. The maximum Gasteiger partial charge on any atom is 0.212 e. The molecule has 0 radical (unpaired) electrons. The SMILES string of the molecule is CSCCCN=C(N)NO. The van der Waals surface area contributed by atoms with Gasteiger partial charge in [0.2, 0.25) is 5.96 Å². The first-order valence-electron chi connectivity index (χ1n) is 3.00. The predicted molar refractivity (Wildman–Crippen MR) is 44.4 cm³/mol. The minimum absolute atomic E-state index is 0.0844. The summed E-state index contributed by atoms with van der Waals surface area (Å²) in [6.07, 6.45) is 3.03. The van der Waals surface area contributed by atoms with Crippen molar-refractivity contribution in [3.05, 3.63) is 0 Å². The van der Waals surface area contributed by atoms with E-state index in [-0.39, 0.29) is 5.96 Å². The summed E-state index contributed by atoms with van der Waals surface area (Å²) in [6.45, 7) is 0.667. The molecule has 0 aromatic rings. The zero-order valence-electron chi connectivity index (χ0n) is 6.00. The highest BCUT2D eigenvalue weighted by Gasteiger charge is 1.85. The standard InChI is InChI=1S/C5H13N3OS/c1-10-4-2-3-7-5(6)8-9/h9H,2-4H2,1H3,(H3,6,7,8). The molecule has 4 nitrogen and oxygen atoms in total. The Hall–Kier alpha value is -0.420. The second kappa shape index (κ2) is 6.70. The second-order valence-electron chi connectivity index (χ2n) is 1.73. The average molecular weight is 163 g/mol. The summed E-state index contributed by atoms with van der Waals surface area (Å²) in [6, 6.07) is 0.